The van der Waals surface area contributed by atoms with Crippen molar-refractivity contribution in [3.63, 3.8) is 0 Å². The molecule has 0 fully saturated rings. The quantitative estimate of drug-likeness (QED) is 0.802. The highest BCUT2D eigenvalue weighted by atomic mass is 32.1. The molecule has 0 saturated heterocycles. The normalized spacial score (nSPS) is 10.9. The van der Waals surface area contributed by atoms with Crippen LogP contribution in [0.25, 0.3) is 0 Å². The largest absolute Gasteiger partial charge is 0.365 e. The van der Waals surface area contributed by atoms with Crippen molar-refractivity contribution in [3.05, 3.63) is 44.8 Å². The summed E-state index contributed by atoms with van der Waals surface area (Å²) >= 11 is 3.44. The zero-order valence-corrected chi connectivity index (χ0v) is 11.0. The molecule has 0 spiro atoms. The number of quaternary nitrogens is 1. The number of carbonyl (C=O) groups excluding carboxylic acids is 1. The Bertz CT molecular complexity index is 415. The minimum Gasteiger partial charge on any atom is -0.365 e. The van der Waals surface area contributed by atoms with Gasteiger partial charge in [0.15, 0.2) is 6.54 Å². The first-order valence-corrected chi connectivity index (χ1v) is 7.16. The Morgan fingerprint density at radius 2 is 1.65 bits per heavy atom. The molecule has 0 atom stereocenters. The van der Waals surface area contributed by atoms with Crippen molar-refractivity contribution in [1.29, 1.82) is 0 Å². The van der Waals surface area contributed by atoms with Crippen LogP contribution in [0.3, 0.4) is 0 Å². The zero-order valence-electron chi connectivity index (χ0n) is 9.39. The molecule has 2 aromatic heterocycles. The first kappa shape index (κ1) is 12.3. The third-order valence-electron chi connectivity index (χ3n) is 2.43. The molecule has 0 unspecified atom stereocenters. The molecule has 0 aliphatic heterocycles. The van der Waals surface area contributed by atoms with Crippen LogP contribution in [0.2, 0.25) is 0 Å². The Morgan fingerprint density at radius 1 is 1.12 bits per heavy atom. The van der Waals surface area contributed by atoms with E-state index in [0.717, 1.165) is 13.1 Å². The first-order chi connectivity index (χ1) is 8.24. The summed E-state index contributed by atoms with van der Waals surface area (Å²) in [5.74, 6) is -0.242. The van der Waals surface area contributed by atoms with Gasteiger partial charge in [-0.3, -0.25) is 4.79 Å². The maximum atomic E-state index is 11.1. The third-order valence-corrected chi connectivity index (χ3v) is 4.19. The van der Waals surface area contributed by atoms with Crippen molar-refractivity contribution in [2.75, 3.05) is 6.54 Å². The Labute approximate surface area is 108 Å². The topological polar surface area (TPSA) is 47.5 Å². The fraction of sp³-hybridized carbons (Fsp3) is 0.250. The Balaban J connectivity index is 2.00. The predicted octanol–water partition coefficient (Wildman–Crippen LogP) is 0.880. The smallest absolute Gasteiger partial charge is 0.272 e. The minimum absolute atomic E-state index is 0.242. The van der Waals surface area contributed by atoms with Gasteiger partial charge < -0.3 is 10.6 Å². The molecule has 0 aliphatic rings. The Morgan fingerprint density at radius 3 is 2.00 bits per heavy atom. The third kappa shape index (κ3) is 3.96. The minimum atomic E-state index is -0.242. The van der Waals surface area contributed by atoms with Crippen LogP contribution in [0.4, 0.5) is 0 Å². The van der Waals surface area contributed by atoms with E-state index in [2.05, 4.69) is 22.9 Å². The SMILES string of the molecule is NC(=O)C[NH+](Cc1cccs1)Cc1cccs1. The highest BCUT2D eigenvalue weighted by molar-refractivity contribution is 7.10. The lowest BCUT2D eigenvalue weighted by Crippen LogP contribution is -3.10. The van der Waals surface area contributed by atoms with Crippen molar-refractivity contribution in [1.82, 2.24) is 0 Å². The highest BCUT2D eigenvalue weighted by Crippen LogP contribution is 2.08. The van der Waals surface area contributed by atoms with Gasteiger partial charge in [0.05, 0.1) is 9.75 Å². The number of nitrogens with two attached hydrogens (primary N) is 1. The molecule has 5 heteroatoms. The number of primary amides is 1. The summed E-state index contributed by atoms with van der Waals surface area (Å²) in [5.41, 5.74) is 5.30. The van der Waals surface area contributed by atoms with E-state index in [1.54, 1.807) is 22.7 Å². The molecule has 0 radical (unpaired) electrons. The average molecular weight is 267 g/mol. The Hall–Kier alpha value is -1.17. The molecule has 0 saturated carbocycles. The van der Waals surface area contributed by atoms with Gasteiger partial charge >= 0.3 is 0 Å². The van der Waals surface area contributed by atoms with E-state index < -0.39 is 0 Å². The summed E-state index contributed by atoms with van der Waals surface area (Å²) in [5, 5.41) is 4.12. The zero-order chi connectivity index (χ0) is 12.1. The Kier molecular flexibility index (Phi) is 4.30. The number of carbonyl (C=O) groups is 1. The van der Waals surface area contributed by atoms with Gasteiger partial charge in [-0.05, 0) is 22.9 Å². The molecule has 17 heavy (non-hydrogen) atoms. The van der Waals surface area contributed by atoms with Gasteiger partial charge in [-0.25, -0.2) is 0 Å². The summed E-state index contributed by atoms with van der Waals surface area (Å²) in [6, 6.07) is 8.26. The van der Waals surface area contributed by atoms with Gasteiger partial charge in [-0.2, -0.15) is 0 Å². The summed E-state index contributed by atoms with van der Waals surface area (Å²) in [6.07, 6.45) is 0. The van der Waals surface area contributed by atoms with E-state index in [1.807, 2.05) is 12.1 Å². The van der Waals surface area contributed by atoms with Crippen LogP contribution in [0.1, 0.15) is 9.75 Å². The van der Waals surface area contributed by atoms with Crippen molar-refractivity contribution < 1.29 is 9.69 Å². The lowest BCUT2D eigenvalue weighted by atomic mass is 10.3. The van der Waals surface area contributed by atoms with Crippen molar-refractivity contribution >= 4 is 28.6 Å². The lowest BCUT2D eigenvalue weighted by molar-refractivity contribution is -0.919. The second-order valence-corrected chi connectivity index (χ2v) is 5.97. The van der Waals surface area contributed by atoms with E-state index in [9.17, 15) is 4.79 Å². The van der Waals surface area contributed by atoms with Crippen LogP contribution in [0, 0.1) is 0 Å². The van der Waals surface area contributed by atoms with E-state index in [1.165, 1.54) is 14.7 Å². The molecular formula is C12H15N2OS2+. The fourth-order valence-electron chi connectivity index (χ4n) is 1.75. The molecule has 3 nitrogen and oxygen atoms in total. The number of thiophene rings is 2. The van der Waals surface area contributed by atoms with Crippen molar-refractivity contribution in [3.8, 4) is 0 Å². The van der Waals surface area contributed by atoms with Gasteiger partial charge in [0.1, 0.15) is 13.1 Å². The van der Waals surface area contributed by atoms with Crippen molar-refractivity contribution in [2.45, 2.75) is 13.1 Å². The standard InChI is InChI=1S/C12H14N2OS2/c13-12(15)9-14(7-10-3-1-5-16-10)8-11-4-2-6-17-11/h1-6H,7-9H2,(H2,13,15)/p+1. The van der Waals surface area contributed by atoms with E-state index in [4.69, 9.17) is 5.73 Å². The van der Waals surface area contributed by atoms with Crippen LogP contribution < -0.4 is 10.6 Å². The maximum Gasteiger partial charge on any atom is 0.272 e. The number of rotatable bonds is 6. The van der Waals surface area contributed by atoms with Crippen LogP contribution in [0.5, 0.6) is 0 Å². The number of nitrogens with one attached hydrogen (secondary N) is 1. The van der Waals surface area contributed by atoms with Crippen LogP contribution in [-0.4, -0.2) is 12.5 Å². The molecule has 0 aliphatic carbocycles. The van der Waals surface area contributed by atoms with Gasteiger partial charge in [-0.15, -0.1) is 22.7 Å². The van der Waals surface area contributed by atoms with Gasteiger partial charge in [0.2, 0.25) is 0 Å². The molecule has 3 N–H and O–H groups in total. The number of hydrogen-bond donors (Lipinski definition) is 2. The van der Waals surface area contributed by atoms with E-state index >= 15 is 0 Å². The molecular weight excluding hydrogens is 252 g/mol. The second kappa shape index (κ2) is 5.95. The molecule has 0 aromatic carbocycles. The van der Waals surface area contributed by atoms with Crippen molar-refractivity contribution in [2.24, 2.45) is 5.73 Å². The summed E-state index contributed by atoms with van der Waals surface area (Å²) in [6.45, 7) is 2.10. The molecule has 2 aromatic rings. The molecule has 90 valence electrons. The van der Waals surface area contributed by atoms with E-state index in [-0.39, 0.29) is 5.91 Å². The highest BCUT2D eigenvalue weighted by Gasteiger charge is 2.14. The van der Waals surface area contributed by atoms with E-state index in [0.29, 0.717) is 6.54 Å². The summed E-state index contributed by atoms with van der Waals surface area (Å²) in [4.78, 5) is 14.9. The van der Waals surface area contributed by atoms with Crippen LogP contribution >= 0.6 is 22.7 Å². The first-order valence-electron chi connectivity index (χ1n) is 5.40. The fourth-order valence-corrected chi connectivity index (χ4v) is 3.31. The number of amides is 1. The molecule has 0 bridgehead atoms. The molecule has 1 amide bonds. The summed E-state index contributed by atoms with van der Waals surface area (Å²) < 4.78 is 0. The van der Waals surface area contributed by atoms with Gasteiger partial charge in [-0.1, -0.05) is 12.1 Å². The second-order valence-electron chi connectivity index (χ2n) is 3.91. The summed E-state index contributed by atoms with van der Waals surface area (Å²) in [7, 11) is 0. The van der Waals surface area contributed by atoms with Crippen LogP contribution in [-0.2, 0) is 17.9 Å². The lowest BCUT2D eigenvalue weighted by Gasteiger charge is -2.16. The number of hydrogen-bond acceptors (Lipinski definition) is 3. The molecule has 2 rings (SSSR count). The van der Waals surface area contributed by atoms with Crippen LogP contribution in [0.15, 0.2) is 35.0 Å². The van der Waals surface area contributed by atoms with Gasteiger partial charge in [0.25, 0.3) is 5.91 Å². The van der Waals surface area contributed by atoms with Gasteiger partial charge in [0, 0.05) is 0 Å². The monoisotopic (exact) mass is 267 g/mol. The predicted molar refractivity (Wildman–Crippen MR) is 71.1 cm³/mol. The maximum absolute atomic E-state index is 11.1. The molecule has 2 heterocycles. The average Bonchev–Trinajstić information content (AvgIpc) is 2.89.